The van der Waals surface area contributed by atoms with E-state index in [0.717, 1.165) is 7.11 Å². The molecule has 3 rings (SSSR count). The molecule has 2 heterocycles. The molecule has 23 heavy (non-hydrogen) atoms. The van der Waals surface area contributed by atoms with E-state index in [9.17, 15) is 9.46 Å². The first-order valence-corrected chi connectivity index (χ1v) is 8.47. The number of imidazole rings is 1. The van der Waals surface area contributed by atoms with Crippen LogP contribution in [0.5, 0.6) is 0 Å². The molecule has 0 bridgehead atoms. The highest BCUT2D eigenvalue weighted by molar-refractivity contribution is 7.47. The summed E-state index contributed by atoms with van der Waals surface area (Å²) < 4.78 is 28.7. The lowest BCUT2D eigenvalue weighted by molar-refractivity contribution is 0.0770. The number of fused-ring (bicyclic) bond motifs is 1. The Kier molecular flexibility index (Phi) is 4.35. The minimum atomic E-state index is -4.12. The first-order chi connectivity index (χ1) is 10.9. The predicted molar refractivity (Wildman–Crippen MR) is 80.5 cm³/mol. The average Bonchev–Trinajstić information content (AvgIpc) is 3.11. The van der Waals surface area contributed by atoms with Crippen molar-refractivity contribution >= 4 is 24.8 Å². The van der Waals surface area contributed by atoms with Crippen LogP contribution in [0, 0.1) is 0 Å². The van der Waals surface area contributed by atoms with Crippen molar-refractivity contribution in [2.24, 2.45) is 0 Å². The van der Waals surface area contributed by atoms with Crippen molar-refractivity contribution in [2.75, 3.05) is 20.0 Å². The summed E-state index contributed by atoms with van der Waals surface area (Å²) in [6, 6.07) is -0.283. The number of hydrogen-bond acceptors (Lipinski definition) is 8. The average molecular weight is 343 g/mol. The van der Waals surface area contributed by atoms with Crippen LogP contribution in [0.15, 0.2) is 12.7 Å². The van der Waals surface area contributed by atoms with E-state index < -0.39 is 13.9 Å². The molecule has 0 saturated heterocycles. The molecule has 0 amide bonds. The standard InChI is InChI=1S/C12H18N5O5P/c1-20-7-3-8(9(4-7)22-23(18,19)21-2)17-6-16-10-11(13)14-5-15-12(10)17/h5-9H,3-4H2,1-2H3,(H,18,19)(H2,13,14,15)/t7-,8+,9+/m0/s1. The quantitative estimate of drug-likeness (QED) is 0.759. The highest BCUT2D eigenvalue weighted by atomic mass is 31.2. The van der Waals surface area contributed by atoms with Gasteiger partial charge >= 0.3 is 7.82 Å². The zero-order valence-electron chi connectivity index (χ0n) is 12.7. The van der Waals surface area contributed by atoms with Crippen molar-refractivity contribution in [2.45, 2.75) is 31.1 Å². The topological polar surface area (TPSA) is 135 Å². The molecule has 3 N–H and O–H groups in total. The minimum absolute atomic E-state index is 0.113. The molecule has 4 atom stereocenters. The van der Waals surface area contributed by atoms with Crippen LogP contribution in [0.3, 0.4) is 0 Å². The SMILES string of the molecule is CO[C@H]1C[C@@H](n2cnc3c(N)ncnc32)[C@H](OP(=O)(O)OC)C1. The maximum atomic E-state index is 11.8. The van der Waals surface area contributed by atoms with Crippen molar-refractivity contribution in [1.29, 1.82) is 0 Å². The summed E-state index contributed by atoms with van der Waals surface area (Å²) >= 11 is 0. The van der Waals surface area contributed by atoms with E-state index in [1.165, 1.54) is 6.33 Å². The number of nitrogens with two attached hydrogens (primary N) is 1. The van der Waals surface area contributed by atoms with Gasteiger partial charge in [-0.25, -0.2) is 19.5 Å². The number of phosphoric ester groups is 1. The minimum Gasteiger partial charge on any atom is -0.382 e. The summed E-state index contributed by atoms with van der Waals surface area (Å²) in [7, 11) is -1.40. The van der Waals surface area contributed by atoms with Gasteiger partial charge in [-0.05, 0) is 6.42 Å². The molecule has 0 aromatic carbocycles. The van der Waals surface area contributed by atoms with Crippen molar-refractivity contribution in [3.8, 4) is 0 Å². The monoisotopic (exact) mass is 343 g/mol. The normalized spacial score (nSPS) is 27.3. The van der Waals surface area contributed by atoms with Gasteiger partial charge in [0.05, 0.1) is 24.6 Å². The number of phosphoric acid groups is 1. The largest absolute Gasteiger partial charge is 0.472 e. The second-order valence-corrected chi connectivity index (χ2v) is 6.79. The number of ether oxygens (including phenoxy) is 1. The molecule has 10 nitrogen and oxygen atoms in total. The second-order valence-electron chi connectivity index (χ2n) is 5.27. The molecule has 0 spiro atoms. The van der Waals surface area contributed by atoms with Crippen LogP contribution in [-0.2, 0) is 18.3 Å². The first kappa shape index (κ1) is 16.3. The van der Waals surface area contributed by atoms with Gasteiger partial charge in [0.2, 0.25) is 0 Å². The van der Waals surface area contributed by atoms with Crippen molar-refractivity contribution in [3.05, 3.63) is 12.7 Å². The van der Waals surface area contributed by atoms with Crippen LogP contribution in [0.1, 0.15) is 18.9 Å². The summed E-state index contributed by atoms with van der Waals surface area (Å²) in [5.41, 5.74) is 6.81. The van der Waals surface area contributed by atoms with E-state index in [-0.39, 0.29) is 18.0 Å². The molecule has 1 aliphatic rings. The van der Waals surface area contributed by atoms with Crippen LogP contribution < -0.4 is 5.73 Å². The molecular formula is C12H18N5O5P. The Hall–Kier alpha value is -1.58. The maximum Gasteiger partial charge on any atom is 0.472 e. The van der Waals surface area contributed by atoms with E-state index >= 15 is 0 Å². The fourth-order valence-electron chi connectivity index (χ4n) is 2.86. The Morgan fingerprint density at radius 1 is 1.35 bits per heavy atom. The maximum absolute atomic E-state index is 11.8. The summed E-state index contributed by atoms with van der Waals surface area (Å²) in [5, 5.41) is 0. The van der Waals surface area contributed by atoms with E-state index in [1.54, 1.807) is 18.0 Å². The fraction of sp³-hybridized carbons (Fsp3) is 0.583. The zero-order valence-corrected chi connectivity index (χ0v) is 13.6. The Bertz CT molecular complexity index is 753. The van der Waals surface area contributed by atoms with Crippen LogP contribution in [0.25, 0.3) is 11.2 Å². The van der Waals surface area contributed by atoms with Gasteiger partial charge in [-0.15, -0.1) is 0 Å². The Morgan fingerprint density at radius 2 is 2.13 bits per heavy atom. The molecule has 1 fully saturated rings. The lowest BCUT2D eigenvalue weighted by Crippen LogP contribution is -2.21. The fourth-order valence-corrected chi connectivity index (χ4v) is 3.51. The van der Waals surface area contributed by atoms with Gasteiger partial charge in [-0.2, -0.15) is 0 Å². The van der Waals surface area contributed by atoms with Gasteiger partial charge in [0, 0.05) is 20.6 Å². The number of nitrogen functional groups attached to an aromatic ring is 1. The summed E-state index contributed by atoms with van der Waals surface area (Å²) in [6.45, 7) is 0. The molecule has 1 aliphatic carbocycles. The number of rotatable bonds is 5. The van der Waals surface area contributed by atoms with E-state index in [4.69, 9.17) is 15.0 Å². The Labute approximate surface area is 132 Å². The molecule has 1 saturated carbocycles. The Morgan fingerprint density at radius 3 is 2.83 bits per heavy atom. The molecular weight excluding hydrogens is 325 g/mol. The van der Waals surface area contributed by atoms with Crippen molar-refractivity contribution in [3.63, 3.8) is 0 Å². The predicted octanol–water partition coefficient (Wildman–Crippen LogP) is 0.890. The van der Waals surface area contributed by atoms with Crippen molar-refractivity contribution in [1.82, 2.24) is 19.5 Å². The van der Waals surface area contributed by atoms with Gasteiger partial charge in [0.25, 0.3) is 0 Å². The molecule has 2 aromatic rings. The van der Waals surface area contributed by atoms with Crippen LogP contribution in [-0.4, -0.2) is 50.8 Å². The summed E-state index contributed by atoms with van der Waals surface area (Å²) in [4.78, 5) is 21.9. The number of methoxy groups -OCH3 is 1. The molecule has 1 unspecified atom stereocenters. The highest BCUT2D eigenvalue weighted by Gasteiger charge is 2.41. The molecule has 0 radical (unpaired) electrons. The Balaban J connectivity index is 1.97. The number of nitrogens with zero attached hydrogens (tertiary/aromatic N) is 4. The number of hydrogen-bond donors (Lipinski definition) is 2. The van der Waals surface area contributed by atoms with Gasteiger partial charge in [-0.1, -0.05) is 0 Å². The van der Waals surface area contributed by atoms with Gasteiger partial charge in [0.15, 0.2) is 11.5 Å². The lowest BCUT2D eigenvalue weighted by Gasteiger charge is -2.22. The van der Waals surface area contributed by atoms with Crippen LogP contribution >= 0.6 is 7.82 Å². The van der Waals surface area contributed by atoms with E-state index in [2.05, 4.69) is 19.5 Å². The highest BCUT2D eigenvalue weighted by Crippen LogP contribution is 2.49. The third-order valence-corrected chi connectivity index (χ3v) is 5.00. The third kappa shape index (κ3) is 3.08. The lowest BCUT2D eigenvalue weighted by atomic mass is 10.2. The van der Waals surface area contributed by atoms with Crippen LogP contribution in [0.2, 0.25) is 0 Å². The first-order valence-electron chi connectivity index (χ1n) is 6.98. The summed E-state index contributed by atoms with van der Waals surface area (Å²) in [6.07, 6.45) is 3.27. The summed E-state index contributed by atoms with van der Waals surface area (Å²) in [5.74, 6) is 0.275. The van der Waals surface area contributed by atoms with E-state index in [1.807, 2.05) is 0 Å². The van der Waals surface area contributed by atoms with Gasteiger partial charge < -0.3 is 19.9 Å². The zero-order chi connectivity index (χ0) is 16.6. The second kappa shape index (κ2) is 6.14. The van der Waals surface area contributed by atoms with E-state index in [0.29, 0.717) is 24.0 Å². The number of aromatic nitrogens is 4. The van der Waals surface area contributed by atoms with Gasteiger partial charge in [0.1, 0.15) is 11.8 Å². The van der Waals surface area contributed by atoms with Crippen LogP contribution in [0.4, 0.5) is 5.82 Å². The third-order valence-electron chi connectivity index (χ3n) is 4.01. The van der Waals surface area contributed by atoms with Gasteiger partial charge in [-0.3, -0.25) is 9.05 Å². The van der Waals surface area contributed by atoms with Crippen molar-refractivity contribution < 1.29 is 23.2 Å². The molecule has 2 aromatic heterocycles. The molecule has 0 aliphatic heterocycles. The molecule has 126 valence electrons. The number of anilines is 1. The smallest absolute Gasteiger partial charge is 0.382 e. The molecule has 11 heteroatoms.